The molecule has 1 aromatic carbocycles. The quantitative estimate of drug-likeness (QED) is 0.663. The second-order valence-electron chi connectivity index (χ2n) is 5.50. The number of nitrogens with one attached hydrogen (secondary N) is 1. The van der Waals surface area contributed by atoms with Crippen molar-refractivity contribution in [3.63, 3.8) is 0 Å². The molecule has 2 aliphatic heterocycles. The molecule has 3 N–H and O–H groups in total. The van der Waals surface area contributed by atoms with Crippen LogP contribution in [-0.4, -0.2) is 18.6 Å². The SMILES string of the molecule is NNC(c1ccccc1OC(F)(F)F)C1CC2CCC1O2. The Morgan fingerprint density at radius 1 is 1.29 bits per heavy atom. The van der Waals surface area contributed by atoms with Gasteiger partial charge >= 0.3 is 6.36 Å². The molecule has 7 heteroatoms. The molecule has 4 atom stereocenters. The van der Waals surface area contributed by atoms with Crippen LogP contribution in [0.1, 0.15) is 30.9 Å². The number of halogens is 3. The van der Waals surface area contributed by atoms with Crippen LogP contribution in [0.5, 0.6) is 5.75 Å². The summed E-state index contributed by atoms with van der Waals surface area (Å²) in [5.74, 6) is 5.46. The monoisotopic (exact) mass is 302 g/mol. The molecule has 0 saturated carbocycles. The fraction of sp³-hybridized carbons (Fsp3) is 0.571. The van der Waals surface area contributed by atoms with E-state index in [4.69, 9.17) is 10.6 Å². The molecule has 3 rings (SSSR count). The van der Waals surface area contributed by atoms with Crippen LogP contribution in [0, 0.1) is 5.92 Å². The Morgan fingerprint density at radius 3 is 2.62 bits per heavy atom. The summed E-state index contributed by atoms with van der Waals surface area (Å²) in [6.07, 6.45) is -1.73. The molecule has 4 nitrogen and oxygen atoms in total. The van der Waals surface area contributed by atoms with Crippen molar-refractivity contribution >= 4 is 0 Å². The second-order valence-corrected chi connectivity index (χ2v) is 5.50. The van der Waals surface area contributed by atoms with Crippen molar-refractivity contribution in [2.45, 2.75) is 43.9 Å². The summed E-state index contributed by atoms with van der Waals surface area (Å²) in [5.41, 5.74) is 3.06. The van der Waals surface area contributed by atoms with Gasteiger partial charge in [-0.15, -0.1) is 13.2 Å². The molecule has 2 saturated heterocycles. The number of alkyl halides is 3. The number of ether oxygens (including phenoxy) is 2. The molecule has 21 heavy (non-hydrogen) atoms. The van der Waals surface area contributed by atoms with Gasteiger partial charge in [0.1, 0.15) is 5.75 Å². The lowest BCUT2D eigenvalue weighted by Crippen LogP contribution is -2.38. The van der Waals surface area contributed by atoms with Crippen molar-refractivity contribution < 1.29 is 22.6 Å². The van der Waals surface area contributed by atoms with Gasteiger partial charge in [0.2, 0.25) is 0 Å². The third-order valence-corrected chi connectivity index (χ3v) is 4.24. The number of hydrogen-bond acceptors (Lipinski definition) is 4. The molecule has 116 valence electrons. The maximum atomic E-state index is 12.5. The summed E-state index contributed by atoms with van der Waals surface area (Å²) in [4.78, 5) is 0. The zero-order valence-electron chi connectivity index (χ0n) is 11.3. The lowest BCUT2D eigenvalue weighted by molar-refractivity contribution is -0.275. The Balaban J connectivity index is 1.87. The van der Waals surface area contributed by atoms with E-state index in [1.807, 2.05) is 0 Å². The number of rotatable bonds is 4. The third kappa shape index (κ3) is 3.00. The topological polar surface area (TPSA) is 56.5 Å². The first kappa shape index (κ1) is 14.6. The van der Waals surface area contributed by atoms with Crippen molar-refractivity contribution in [1.82, 2.24) is 5.43 Å². The van der Waals surface area contributed by atoms with Gasteiger partial charge in [0.15, 0.2) is 0 Å². The summed E-state index contributed by atoms with van der Waals surface area (Å²) in [7, 11) is 0. The van der Waals surface area contributed by atoms with E-state index in [1.54, 1.807) is 12.1 Å². The maximum absolute atomic E-state index is 12.5. The Kier molecular flexibility index (Phi) is 3.81. The molecule has 1 aromatic rings. The molecule has 2 fully saturated rings. The Hall–Kier alpha value is -1.31. The van der Waals surface area contributed by atoms with Crippen molar-refractivity contribution in [2.24, 2.45) is 11.8 Å². The number of nitrogens with two attached hydrogens (primary N) is 1. The lowest BCUT2D eigenvalue weighted by Gasteiger charge is -2.29. The average molecular weight is 302 g/mol. The highest BCUT2D eigenvalue weighted by Gasteiger charge is 2.45. The normalized spacial score (nSPS) is 29.6. The lowest BCUT2D eigenvalue weighted by atomic mass is 9.81. The number of hydrazine groups is 1. The number of benzene rings is 1. The fourth-order valence-corrected chi connectivity index (χ4v) is 3.43. The molecule has 0 spiro atoms. The predicted octanol–water partition coefficient (Wildman–Crippen LogP) is 2.66. The van der Waals surface area contributed by atoms with E-state index >= 15 is 0 Å². The maximum Gasteiger partial charge on any atom is 0.573 e. The summed E-state index contributed by atoms with van der Waals surface area (Å²) >= 11 is 0. The average Bonchev–Trinajstić information content (AvgIpc) is 3.02. The number of hydrogen-bond donors (Lipinski definition) is 2. The van der Waals surface area contributed by atoms with Gasteiger partial charge in [-0.1, -0.05) is 18.2 Å². The van der Waals surface area contributed by atoms with Gasteiger partial charge in [-0.2, -0.15) is 0 Å². The van der Waals surface area contributed by atoms with Crippen LogP contribution >= 0.6 is 0 Å². The van der Waals surface area contributed by atoms with Gasteiger partial charge in [0, 0.05) is 11.5 Å². The first-order valence-corrected chi connectivity index (χ1v) is 6.94. The van der Waals surface area contributed by atoms with E-state index in [1.165, 1.54) is 12.1 Å². The highest BCUT2D eigenvalue weighted by molar-refractivity contribution is 5.37. The first-order valence-electron chi connectivity index (χ1n) is 6.94. The first-order chi connectivity index (χ1) is 9.98. The van der Waals surface area contributed by atoms with Gasteiger partial charge in [0.25, 0.3) is 0 Å². The van der Waals surface area contributed by atoms with E-state index in [0.29, 0.717) is 5.56 Å². The molecular formula is C14H17F3N2O2. The van der Waals surface area contributed by atoms with Gasteiger partial charge in [-0.25, -0.2) is 0 Å². The third-order valence-electron chi connectivity index (χ3n) is 4.24. The van der Waals surface area contributed by atoms with Crippen LogP contribution in [-0.2, 0) is 4.74 Å². The standard InChI is InChI=1S/C14H17F3N2O2/c15-14(16,17)21-12-4-2-1-3-9(12)13(19-18)10-7-8-5-6-11(10)20-8/h1-4,8,10-11,13,19H,5-7,18H2. The van der Waals surface area contributed by atoms with Crippen molar-refractivity contribution in [2.75, 3.05) is 0 Å². The van der Waals surface area contributed by atoms with Gasteiger partial charge < -0.3 is 9.47 Å². The molecule has 0 radical (unpaired) electrons. The van der Waals surface area contributed by atoms with E-state index in [-0.39, 0.29) is 23.9 Å². The van der Waals surface area contributed by atoms with E-state index in [9.17, 15) is 13.2 Å². The van der Waals surface area contributed by atoms with Gasteiger partial charge in [0.05, 0.1) is 18.2 Å². The van der Waals surface area contributed by atoms with Crippen molar-refractivity contribution in [1.29, 1.82) is 0 Å². The molecule has 0 aliphatic carbocycles. The molecule has 0 amide bonds. The van der Waals surface area contributed by atoms with Crippen LogP contribution in [0.25, 0.3) is 0 Å². The van der Waals surface area contributed by atoms with Crippen LogP contribution in [0.4, 0.5) is 13.2 Å². The molecule has 2 aliphatic rings. The van der Waals surface area contributed by atoms with Gasteiger partial charge in [-0.3, -0.25) is 11.3 Å². The summed E-state index contributed by atoms with van der Waals surface area (Å²) in [6, 6.07) is 5.68. The Morgan fingerprint density at radius 2 is 2.05 bits per heavy atom. The Bertz CT molecular complexity index is 509. The van der Waals surface area contributed by atoms with Crippen LogP contribution in [0.3, 0.4) is 0 Å². The summed E-state index contributed by atoms with van der Waals surface area (Å²) in [5, 5.41) is 0. The van der Waals surface area contributed by atoms with Crippen molar-refractivity contribution in [3.05, 3.63) is 29.8 Å². The van der Waals surface area contributed by atoms with Crippen LogP contribution in [0.2, 0.25) is 0 Å². The Labute approximate surface area is 120 Å². The molecule has 2 heterocycles. The molecule has 0 aromatic heterocycles. The number of fused-ring (bicyclic) bond motifs is 2. The second kappa shape index (κ2) is 5.47. The van der Waals surface area contributed by atoms with E-state index < -0.39 is 12.4 Å². The minimum Gasteiger partial charge on any atom is -0.405 e. The summed E-state index contributed by atoms with van der Waals surface area (Å²) < 4.78 is 47.4. The summed E-state index contributed by atoms with van der Waals surface area (Å²) in [6.45, 7) is 0. The smallest absolute Gasteiger partial charge is 0.405 e. The molecular weight excluding hydrogens is 285 g/mol. The molecule has 4 unspecified atom stereocenters. The van der Waals surface area contributed by atoms with Crippen molar-refractivity contribution in [3.8, 4) is 5.75 Å². The van der Waals surface area contributed by atoms with E-state index in [0.717, 1.165) is 19.3 Å². The zero-order valence-corrected chi connectivity index (χ0v) is 11.3. The fourth-order valence-electron chi connectivity index (χ4n) is 3.43. The predicted molar refractivity (Wildman–Crippen MR) is 69.2 cm³/mol. The van der Waals surface area contributed by atoms with E-state index in [2.05, 4.69) is 10.2 Å². The largest absolute Gasteiger partial charge is 0.573 e. The highest BCUT2D eigenvalue weighted by atomic mass is 19.4. The van der Waals surface area contributed by atoms with Gasteiger partial charge in [-0.05, 0) is 25.3 Å². The minimum absolute atomic E-state index is 0.0509. The zero-order chi connectivity index (χ0) is 15.0. The highest BCUT2D eigenvalue weighted by Crippen LogP contribution is 2.46. The molecule has 2 bridgehead atoms. The van der Waals surface area contributed by atoms with Crippen LogP contribution < -0.4 is 16.0 Å². The minimum atomic E-state index is -4.72. The van der Waals surface area contributed by atoms with Crippen LogP contribution in [0.15, 0.2) is 24.3 Å². The number of para-hydroxylation sites is 1.